The first-order valence-electron chi connectivity index (χ1n) is 8.15. The predicted molar refractivity (Wildman–Crippen MR) is 100 cm³/mol. The number of hydrogen-bond donors (Lipinski definition) is 1. The van der Waals surface area contributed by atoms with Gasteiger partial charge < -0.3 is 24.3 Å². The monoisotopic (exact) mass is 369 g/mol. The van der Waals surface area contributed by atoms with Crippen molar-refractivity contribution in [2.45, 2.75) is 0 Å². The van der Waals surface area contributed by atoms with E-state index < -0.39 is 0 Å². The van der Waals surface area contributed by atoms with E-state index in [1.54, 1.807) is 36.4 Å². The Labute approximate surface area is 156 Å². The lowest BCUT2D eigenvalue weighted by Gasteiger charge is -2.18. The summed E-state index contributed by atoms with van der Waals surface area (Å²) in [6, 6.07) is 8.40. The molecule has 1 N–H and O–H groups in total. The Bertz CT molecular complexity index is 919. The molecule has 0 aliphatic carbocycles. The lowest BCUT2D eigenvalue weighted by atomic mass is 10.1. The van der Waals surface area contributed by atoms with Gasteiger partial charge in [-0.1, -0.05) is 0 Å². The van der Waals surface area contributed by atoms with Gasteiger partial charge in [0.2, 0.25) is 5.75 Å². The second-order valence-electron chi connectivity index (χ2n) is 5.67. The van der Waals surface area contributed by atoms with Crippen molar-refractivity contribution >= 4 is 23.5 Å². The van der Waals surface area contributed by atoms with Gasteiger partial charge in [-0.05, 0) is 42.5 Å². The Morgan fingerprint density at radius 2 is 1.85 bits per heavy atom. The Balaban J connectivity index is 1.87. The summed E-state index contributed by atoms with van der Waals surface area (Å²) in [4.78, 5) is 24.0. The molecule has 0 spiro atoms. The fourth-order valence-corrected chi connectivity index (χ4v) is 2.75. The maximum absolute atomic E-state index is 12.5. The van der Waals surface area contributed by atoms with Gasteiger partial charge in [-0.15, -0.1) is 0 Å². The summed E-state index contributed by atoms with van der Waals surface area (Å²) in [5, 5.41) is 2.68. The zero-order valence-electron chi connectivity index (χ0n) is 15.2. The minimum Gasteiger partial charge on any atom is -0.493 e. The van der Waals surface area contributed by atoms with Gasteiger partial charge in [0.05, 0.1) is 27.0 Å². The highest BCUT2D eigenvalue weighted by molar-refractivity contribution is 6.08. The number of amides is 1. The van der Waals surface area contributed by atoms with Crippen molar-refractivity contribution in [2.75, 3.05) is 33.3 Å². The standard InChI is InChI=1S/C20H19NO6/c1-24-17-9-5-12(19(25-2)20(17)26-3)4-7-15(22)13-6-8-16-14(10-13)21-18(23)11-27-16/h4-10H,11H2,1-3H3,(H,21,23). The number of hydrogen-bond acceptors (Lipinski definition) is 6. The van der Waals surface area contributed by atoms with Gasteiger partial charge >= 0.3 is 0 Å². The van der Waals surface area contributed by atoms with Gasteiger partial charge in [0.15, 0.2) is 23.9 Å². The molecule has 1 heterocycles. The van der Waals surface area contributed by atoms with Crippen LogP contribution in [0.3, 0.4) is 0 Å². The quantitative estimate of drug-likeness (QED) is 0.623. The van der Waals surface area contributed by atoms with E-state index in [4.69, 9.17) is 18.9 Å². The maximum atomic E-state index is 12.5. The number of ketones is 1. The molecule has 1 aliphatic heterocycles. The highest BCUT2D eigenvalue weighted by Gasteiger charge is 2.18. The second-order valence-corrected chi connectivity index (χ2v) is 5.67. The van der Waals surface area contributed by atoms with Crippen LogP contribution in [0.1, 0.15) is 15.9 Å². The molecule has 140 valence electrons. The van der Waals surface area contributed by atoms with Crippen molar-refractivity contribution in [3.63, 3.8) is 0 Å². The van der Waals surface area contributed by atoms with Crippen molar-refractivity contribution in [3.8, 4) is 23.0 Å². The summed E-state index contributed by atoms with van der Waals surface area (Å²) in [7, 11) is 4.57. The molecule has 0 saturated heterocycles. The molecule has 2 aromatic rings. The molecule has 3 rings (SSSR count). The summed E-state index contributed by atoms with van der Waals surface area (Å²) in [5.41, 5.74) is 1.57. The van der Waals surface area contributed by atoms with Crippen molar-refractivity contribution in [1.29, 1.82) is 0 Å². The van der Waals surface area contributed by atoms with E-state index in [0.717, 1.165) is 0 Å². The third-order valence-electron chi connectivity index (χ3n) is 4.05. The number of rotatable bonds is 6. The third kappa shape index (κ3) is 3.72. The highest BCUT2D eigenvalue weighted by atomic mass is 16.5. The second kappa shape index (κ2) is 7.82. The number of methoxy groups -OCH3 is 3. The van der Waals surface area contributed by atoms with E-state index in [1.165, 1.54) is 27.4 Å². The van der Waals surface area contributed by atoms with E-state index in [1.807, 2.05) is 0 Å². The van der Waals surface area contributed by atoms with Crippen molar-refractivity contribution < 1.29 is 28.5 Å². The first-order valence-corrected chi connectivity index (χ1v) is 8.15. The molecule has 7 heteroatoms. The lowest BCUT2D eigenvalue weighted by molar-refractivity contribution is -0.118. The van der Waals surface area contributed by atoms with Crippen LogP contribution in [0.4, 0.5) is 5.69 Å². The van der Waals surface area contributed by atoms with E-state index in [-0.39, 0.29) is 18.3 Å². The topological polar surface area (TPSA) is 83.1 Å². The molecule has 0 fully saturated rings. The van der Waals surface area contributed by atoms with Crippen LogP contribution >= 0.6 is 0 Å². The summed E-state index contributed by atoms with van der Waals surface area (Å²) in [6.07, 6.45) is 3.06. The molecule has 0 aromatic heterocycles. The number of ether oxygens (including phenoxy) is 4. The van der Waals surface area contributed by atoms with Crippen LogP contribution < -0.4 is 24.3 Å². The number of anilines is 1. The summed E-state index contributed by atoms with van der Waals surface area (Å²) in [5.74, 6) is 1.50. The molecular weight excluding hydrogens is 350 g/mol. The van der Waals surface area contributed by atoms with Crippen LogP contribution in [0.5, 0.6) is 23.0 Å². The zero-order chi connectivity index (χ0) is 19.4. The first-order chi connectivity index (χ1) is 13.1. The molecule has 7 nitrogen and oxygen atoms in total. The third-order valence-corrected chi connectivity index (χ3v) is 4.05. The van der Waals surface area contributed by atoms with Crippen LogP contribution in [-0.2, 0) is 4.79 Å². The molecule has 0 bridgehead atoms. The number of carbonyl (C=O) groups excluding carboxylic acids is 2. The summed E-state index contributed by atoms with van der Waals surface area (Å²) in [6.45, 7) is -0.0285. The van der Waals surface area contributed by atoms with E-state index in [0.29, 0.717) is 39.8 Å². The highest BCUT2D eigenvalue weighted by Crippen LogP contribution is 2.40. The van der Waals surface area contributed by atoms with Crippen LogP contribution in [0, 0.1) is 0 Å². The molecule has 27 heavy (non-hydrogen) atoms. The zero-order valence-corrected chi connectivity index (χ0v) is 15.2. The van der Waals surface area contributed by atoms with Gasteiger partial charge in [-0.2, -0.15) is 0 Å². The summed E-state index contributed by atoms with van der Waals surface area (Å²) >= 11 is 0. The van der Waals surface area contributed by atoms with Crippen molar-refractivity contribution in [1.82, 2.24) is 0 Å². The normalized spacial score (nSPS) is 12.8. The number of fused-ring (bicyclic) bond motifs is 1. The van der Waals surface area contributed by atoms with Crippen molar-refractivity contribution in [3.05, 3.63) is 47.5 Å². The molecule has 0 unspecified atom stereocenters. The molecule has 1 aliphatic rings. The molecule has 1 amide bonds. The van der Waals surface area contributed by atoms with Crippen LogP contribution in [-0.4, -0.2) is 39.6 Å². The smallest absolute Gasteiger partial charge is 0.262 e. The Hall–Kier alpha value is -3.48. The van der Waals surface area contributed by atoms with Crippen LogP contribution in [0.25, 0.3) is 6.08 Å². The maximum Gasteiger partial charge on any atom is 0.262 e. The van der Waals surface area contributed by atoms with E-state index in [9.17, 15) is 9.59 Å². The average molecular weight is 369 g/mol. The summed E-state index contributed by atoms with van der Waals surface area (Å²) < 4.78 is 21.3. The minimum atomic E-state index is -0.252. The van der Waals surface area contributed by atoms with E-state index in [2.05, 4.69) is 5.32 Å². The van der Waals surface area contributed by atoms with Crippen molar-refractivity contribution in [2.24, 2.45) is 0 Å². The Morgan fingerprint density at radius 1 is 1.07 bits per heavy atom. The molecule has 2 aromatic carbocycles. The Morgan fingerprint density at radius 3 is 2.56 bits per heavy atom. The minimum absolute atomic E-state index is 0.0285. The number of allylic oxidation sites excluding steroid dienone is 1. The molecule has 0 saturated carbocycles. The predicted octanol–water partition coefficient (Wildman–Crippen LogP) is 2.94. The van der Waals surface area contributed by atoms with Crippen LogP contribution in [0.2, 0.25) is 0 Å². The van der Waals surface area contributed by atoms with Gasteiger partial charge in [0.1, 0.15) is 5.75 Å². The van der Waals surface area contributed by atoms with Crippen LogP contribution in [0.15, 0.2) is 36.4 Å². The fourth-order valence-electron chi connectivity index (χ4n) is 2.75. The van der Waals surface area contributed by atoms with Gasteiger partial charge in [-0.25, -0.2) is 0 Å². The first kappa shape index (κ1) is 18.3. The van der Waals surface area contributed by atoms with Gasteiger partial charge in [-0.3, -0.25) is 9.59 Å². The fraction of sp³-hybridized carbons (Fsp3) is 0.200. The van der Waals surface area contributed by atoms with Gasteiger partial charge in [0, 0.05) is 11.1 Å². The number of nitrogens with one attached hydrogen (secondary N) is 1. The Kier molecular flexibility index (Phi) is 5.30. The SMILES string of the molecule is COc1ccc(C=CC(=O)c2ccc3c(c2)NC(=O)CO3)c(OC)c1OC. The lowest BCUT2D eigenvalue weighted by Crippen LogP contribution is -2.25. The van der Waals surface area contributed by atoms with Gasteiger partial charge in [0.25, 0.3) is 5.91 Å². The number of benzene rings is 2. The number of carbonyl (C=O) groups is 2. The molecule has 0 atom stereocenters. The average Bonchev–Trinajstić information content (AvgIpc) is 2.70. The molecule has 0 radical (unpaired) electrons. The largest absolute Gasteiger partial charge is 0.493 e. The van der Waals surface area contributed by atoms with E-state index >= 15 is 0 Å². The molecular formula is C20H19NO6.